The summed E-state index contributed by atoms with van der Waals surface area (Å²) in [5.41, 5.74) is 3.12. The highest BCUT2D eigenvalue weighted by atomic mass is 16.5. The predicted molar refractivity (Wildman–Crippen MR) is 107 cm³/mol. The quantitative estimate of drug-likeness (QED) is 0.830. The minimum Gasteiger partial charge on any atom is -0.376 e. The van der Waals surface area contributed by atoms with Crippen LogP contribution >= 0.6 is 0 Å². The molecule has 3 aliphatic rings. The molecule has 0 unspecified atom stereocenters. The molecule has 0 radical (unpaired) electrons. The summed E-state index contributed by atoms with van der Waals surface area (Å²) in [6, 6.07) is 2.90. The summed E-state index contributed by atoms with van der Waals surface area (Å²) >= 11 is 0. The molecule has 1 saturated heterocycles. The van der Waals surface area contributed by atoms with Gasteiger partial charge in [0.2, 0.25) is 0 Å². The molecule has 2 aliphatic heterocycles. The smallest absolute Gasteiger partial charge is 0.146 e. The first-order chi connectivity index (χ1) is 13.2. The third-order valence-corrected chi connectivity index (χ3v) is 6.16. The Balaban J connectivity index is 1.62. The van der Waals surface area contributed by atoms with E-state index in [-0.39, 0.29) is 6.10 Å². The number of fused-ring (bicyclic) bond motifs is 1. The van der Waals surface area contributed by atoms with Crippen LogP contribution in [0.1, 0.15) is 61.6 Å². The molecule has 0 aromatic carbocycles. The van der Waals surface area contributed by atoms with Crippen molar-refractivity contribution in [2.45, 2.75) is 70.1 Å². The van der Waals surface area contributed by atoms with Crippen LogP contribution in [0.3, 0.4) is 0 Å². The zero-order valence-corrected chi connectivity index (χ0v) is 16.4. The lowest BCUT2D eigenvalue weighted by molar-refractivity contribution is 0.120. The molecule has 1 aromatic rings. The van der Waals surface area contributed by atoms with Gasteiger partial charge in [-0.15, -0.1) is 0 Å². The monoisotopic (exact) mass is 369 g/mol. The maximum atomic E-state index is 9.88. The largest absolute Gasteiger partial charge is 0.376 e. The molecule has 3 heterocycles. The van der Waals surface area contributed by atoms with Crippen LogP contribution in [0.4, 0.5) is 11.6 Å². The number of nitrogens with one attached hydrogen (secondary N) is 2. The highest BCUT2D eigenvalue weighted by Gasteiger charge is 2.26. The molecule has 2 N–H and O–H groups in total. The van der Waals surface area contributed by atoms with Crippen molar-refractivity contribution in [1.82, 2.24) is 9.88 Å². The average molecular weight is 370 g/mol. The number of anilines is 2. The van der Waals surface area contributed by atoms with Crippen LogP contribution in [0, 0.1) is 11.3 Å². The van der Waals surface area contributed by atoms with Gasteiger partial charge in [0, 0.05) is 37.8 Å². The van der Waals surface area contributed by atoms with E-state index in [0.29, 0.717) is 6.04 Å². The van der Waals surface area contributed by atoms with Crippen LogP contribution in [0.5, 0.6) is 0 Å². The third-order valence-electron chi connectivity index (χ3n) is 6.16. The molecule has 1 atom stereocenters. The van der Waals surface area contributed by atoms with Crippen LogP contribution in [-0.4, -0.2) is 48.8 Å². The average Bonchev–Trinajstić information content (AvgIpc) is 3.21. The standard InChI is InChI=1S/C21H31N5O/c1-26-10-9-17-18(12-22)21(24-15-6-3-2-4-7-15)25-20(19(17)14-26)23-13-16-8-5-11-27-16/h15-16H,2-11,13-14H2,1H3,(H2,23,24,25)/t16-/m1/s1. The molecule has 6 heteroatoms. The summed E-state index contributed by atoms with van der Waals surface area (Å²) in [5, 5.41) is 17.0. The van der Waals surface area contributed by atoms with Gasteiger partial charge >= 0.3 is 0 Å². The van der Waals surface area contributed by atoms with Crippen molar-refractivity contribution in [3.8, 4) is 6.07 Å². The Labute approximate surface area is 162 Å². The highest BCUT2D eigenvalue weighted by molar-refractivity contribution is 5.66. The first-order valence-corrected chi connectivity index (χ1v) is 10.5. The Morgan fingerprint density at radius 2 is 2.00 bits per heavy atom. The second-order valence-corrected chi connectivity index (χ2v) is 8.24. The van der Waals surface area contributed by atoms with Gasteiger partial charge in [-0.05, 0) is 44.7 Å². The number of ether oxygens (including phenoxy) is 1. The molecule has 1 aromatic heterocycles. The Morgan fingerprint density at radius 3 is 2.74 bits per heavy atom. The van der Waals surface area contributed by atoms with Gasteiger partial charge < -0.3 is 20.3 Å². The van der Waals surface area contributed by atoms with Crippen LogP contribution in [0.2, 0.25) is 0 Å². The molecule has 0 amide bonds. The summed E-state index contributed by atoms with van der Waals surface area (Å²) < 4.78 is 5.77. The molecule has 146 valence electrons. The van der Waals surface area contributed by atoms with Crippen LogP contribution in [0.25, 0.3) is 0 Å². The Morgan fingerprint density at radius 1 is 1.15 bits per heavy atom. The normalized spacial score (nSPS) is 23.6. The topological polar surface area (TPSA) is 73.2 Å². The van der Waals surface area contributed by atoms with E-state index in [4.69, 9.17) is 9.72 Å². The fourth-order valence-electron chi connectivity index (χ4n) is 4.60. The molecule has 0 spiro atoms. The number of rotatable bonds is 5. The molecule has 1 saturated carbocycles. The number of nitriles is 1. The molecular weight excluding hydrogens is 338 g/mol. The number of nitrogens with zero attached hydrogens (tertiary/aromatic N) is 3. The van der Waals surface area contributed by atoms with E-state index in [1.807, 2.05) is 0 Å². The van der Waals surface area contributed by atoms with E-state index in [2.05, 4.69) is 28.7 Å². The van der Waals surface area contributed by atoms with Crippen molar-refractivity contribution >= 4 is 11.6 Å². The van der Waals surface area contributed by atoms with Gasteiger partial charge in [0.25, 0.3) is 0 Å². The van der Waals surface area contributed by atoms with Crippen molar-refractivity contribution in [3.05, 3.63) is 16.7 Å². The maximum absolute atomic E-state index is 9.88. The van der Waals surface area contributed by atoms with Crippen LogP contribution in [-0.2, 0) is 17.7 Å². The highest BCUT2D eigenvalue weighted by Crippen LogP contribution is 2.33. The van der Waals surface area contributed by atoms with Gasteiger partial charge in [-0.2, -0.15) is 5.26 Å². The zero-order valence-electron chi connectivity index (χ0n) is 16.4. The van der Waals surface area contributed by atoms with Crippen LogP contribution < -0.4 is 10.6 Å². The third kappa shape index (κ3) is 4.20. The van der Waals surface area contributed by atoms with Gasteiger partial charge in [-0.1, -0.05) is 19.3 Å². The number of pyridine rings is 1. The Kier molecular flexibility index (Phi) is 5.80. The van der Waals surface area contributed by atoms with E-state index < -0.39 is 0 Å². The van der Waals surface area contributed by atoms with Crippen molar-refractivity contribution in [2.24, 2.45) is 0 Å². The van der Waals surface area contributed by atoms with Crippen molar-refractivity contribution < 1.29 is 4.74 Å². The maximum Gasteiger partial charge on any atom is 0.146 e. The molecule has 2 fully saturated rings. The van der Waals surface area contributed by atoms with E-state index >= 15 is 0 Å². The summed E-state index contributed by atoms with van der Waals surface area (Å²) in [6.45, 7) is 3.48. The number of likely N-dealkylation sites (N-methyl/N-ethyl adjacent to an activating group) is 1. The van der Waals surface area contributed by atoms with Gasteiger partial charge in [0.1, 0.15) is 17.7 Å². The Bertz CT molecular complexity index is 702. The minimum atomic E-state index is 0.272. The molecule has 4 rings (SSSR count). The first-order valence-electron chi connectivity index (χ1n) is 10.5. The number of hydrogen-bond acceptors (Lipinski definition) is 6. The van der Waals surface area contributed by atoms with Gasteiger partial charge in [0.15, 0.2) is 0 Å². The lowest BCUT2D eigenvalue weighted by atomic mass is 9.93. The fourth-order valence-corrected chi connectivity index (χ4v) is 4.60. The van der Waals surface area contributed by atoms with E-state index in [1.54, 1.807) is 0 Å². The second-order valence-electron chi connectivity index (χ2n) is 8.24. The molecule has 1 aliphatic carbocycles. The molecule has 0 bridgehead atoms. The predicted octanol–water partition coefficient (Wildman–Crippen LogP) is 3.28. The van der Waals surface area contributed by atoms with Crippen molar-refractivity contribution in [2.75, 3.05) is 37.4 Å². The number of hydrogen-bond donors (Lipinski definition) is 2. The summed E-state index contributed by atoms with van der Waals surface area (Å²) in [7, 11) is 2.13. The summed E-state index contributed by atoms with van der Waals surface area (Å²) in [4.78, 5) is 7.22. The van der Waals surface area contributed by atoms with E-state index in [9.17, 15) is 5.26 Å². The van der Waals surface area contributed by atoms with E-state index in [1.165, 1.54) is 43.2 Å². The SMILES string of the molecule is CN1CCc2c(C#N)c(NC3CCCCC3)nc(NC[C@H]3CCCO3)c2C1. The lowest BCUT2D eigenvalue weighted by Crippen LogP contribution is -2.31. The summed E-state index contributed by atoms with van der Waals surface area (Å²) in [6.07, 6.45) is 9.62. The Hall–Kier alpha value is -1.84. The van der Waals surface area contributed by atoms with Crippen molar-refractivity contribution in [1.29, 1.82) is 5.26 Å². The van der Waals surface area contributed by atoms with Crippen molar-refractivity contribution in [3.63, 3.8) is 0 Å². The molecule has 6 nitrogen and oxygen atoms in total. The fraction of sp³-hybridized carbons (Fsp3) is 0.714. The summed E-state index contributed by atoms with van der Waals surface area (Å²) in [5.74, 6) is 1.71. The van der Waals surface area contributed by atoms with Gasteiger partial charge in [0.05, 0.1) is 11.7 Å². The molecule has 27 heavy (non-hydrogen) atoms. The van der Waals surface area contributed by atoms with Crippen LogP contribution in [0.15, 0.2) is 0 Å². The second kappa shape index (κ2) is 8.45. The van der Waals surface area contributed by atoms with Gasteiger partial charge in [-0.25, -0.2) is 4.98 Å². The van der Waals surface area contributed by atoms with Gasteiger partial charge in [-0.3, -0.25) is 0 Å². The first kappa shape index (κ1) is 18.5. The van der Waals surface area contributed by atoms with E-state index in [0.717, 1.165) is 62.7 Å². The minimum absolute atomic E-state index is 0.272. The molecular formula is C21H31N5O. The zero-order chi connectivity index (χ0) is 18.6. The lowest BCUT2D eigenvalue weighted by Gasteiger charge is -2.30. The number of aromatic nitrogens is 1.